The van der Waals surface area contributed by atoms with E-state index in [9.17, 15) is 9.59 Å². The van der Waals surface area contributed by atoms with Crippen LogP contribution in [0.4, 0.5) is 0 Å². The number of ether oxygens (including phenoxy) is 6. The van der Waals surface area contributed by atoms with Crippen LogP contribution in [0.1, 0.15) is 24.8 Å². The fourth-order valence-electron chi connectivity index (χ4n) is 3.67. The van der Waals surface area contributed by atoms with Gasteiger partial charge in [0.2, 0.25) is 6.79 Å². The second-order valence-corrected chi connectivity index (χ2v) is 9.18. The topological polar surface area (TPSA) is 108 Å². The molecule has 0 N–H and O–H groups in total. The third-order valence-corrected chi connectivity index (χ3v) is 5.86. The molecule has 0 saturated carbocycles. The van der Waals surface area contributed by atoms with Gasteiger partial charge in [-0.25, -0.2) is 19.4 Å². The van der Waals surface area contributed by atoms with Gasteiger partial charge in [0.1, 0.15) is 29.6 Å². The lowest BCUT2D eigenvalue weighted by molar-refractivity contribution is -0.287. The fourth-order valence-corrected chi connectivity index (χ4v) is 3.67. The van der Waals surface area contributed by atoms with E-state index in [1.807, 2.05) is 25.1 Å². The van der Waals surface area contributed by atoms with Crippen LogP contribution in [0.3, 0.4) is 0 Å². The van der Waals surface area contributed by atoms with Crippen molar-refractivity contribution < 1.29 is 47.8 Å². The third-order valence-electron chi connectivity index (χ3n) is 5.86. The minimum absolute atomic E-state index is 0.00309. The predicted octanol–water partition coefficient (Wildman–Crippen LogP) is 5.61. The van der Waals surface area contributed by atoms with Crippen molar-refractivity contribution >= 4 is 11.9 Å². The minimum atomic E-state index is -0.458. The number of hydrogen-bond donors (Lipinski definition) is 0. The molecule has 3 rings (SSSR count). The number of carbonyl (C=O) groups excluding carboxylic acids is 2. The Bertz CT molecular complexity index is 1250. The molecule has 10 nitrogen and oxygen atoms in total. The van der Waals surface area contributed by atoms with Gasteiger partial charge in [0, 0.05) is 18.9 Å². The molecule has 0 aliphatic heterocycles. The Balaban J connectivity index is 1.33. The first kappa shape index (κ1) is 33.1. The second kappa shape index (κ2) is 18.9. The van der Waals surface area contributed by atoms with Crippen molar-refractivity contribution in [3.8, 4) is 23.0 Å². The Morgan fingerprint density at radius 3 is 2.33 bits per heavy atom. The van der Waals surface area contributed by atoms with E-state index in [1.54, 1.807) is 48.6 Å². The second-order valence-electron chi connectivity index (χ2n) is 9.18. The molecule has 0 bridgehead atoms. The number of rotatable bonds is 20. The lowest BCUT2D eigenvalue weighted by Crippen LogP contribution is -2.17. The molecule has 2 aromatic rings. The molecule has 1 unspecified atom stereocenters. The predicted molar refractivity (Wildman–Crippen MR) is 159 cm³/mol. The van der Waals surface area contributed by atoms with Gasteiger partial charge in [0.15, 0.2) is 0 Å². The van der Waals surface area contributed by atoms with Gasteiger partial charge in [0.05, 0.1) is 38.1 Å². The summed E-state index contributed by atoms with van der Waals surface area (Å²) in [4.78, 5) is 33.5. The van der Waals surface area contributed by atoms with Gasteiger partial charge >= 0.3 is 11.9 Å². The summed E-state index contributed by atoms with van der Waals surface area (Å²) >= 11 is 0. The SMILES string of the molecule is C=CCOOCCCOc1ccc(OCOc2ccc(OC(=O)C3=CCC(OCCCOC(=O)C=C)C=C3)cc2C)cc1. The van der Waals surface area contributed by atoms with Gasteiger partial charge in [-0.15, -0.1) is 6.58 Å². The number of esters is 2. The summed E-state index contributed by atoms with van der Waals surface area (Å²) in [5.74, 6) is 1.45. The summed E-state index contributed by atoms with van der Waals surface area (Å²) in [5.41, 5.74) is 1.24. The molecule has 1 atom stereocenters. The van der Waals surface area contributed by atoms with Gasteiger partial charge in [-0.2, -0.15) is 0 Å². The van der Waals surface area contributed by atoms with E-state index in [1.165, 1.54) is 0 Å². The quantitative estimate of drug-likeness (QED) is 0.0281. The molecule has 0 saturated heterocycles. The molecule has 0 aromatic heterocycles. The Labute approximate surface area is 252 Å². The maximum atomic E-state index is 12.6. The zero-order valence-corrected chi connectivity index (χ0v) is 24.4. The molecule has 0 fully saturated rings. The third kappa shape index (κ3) is 12.6. The number of hydrogen-bond acceptors (Lipinski definition) is 10. The van der Waals surface area contributed by atoms with Crippen molar-refractivity contribution in [2.45, 2.75) is 32.3 Å². The van der Waals surface area contributed by atoms with E-state index in [0.717, 1.165) is 17.4 Å². The van der Waals surface area contributed by atoms with Crippen LogP contribution in [0, 0.1) is 6.92 Å². The van der Waals surface area contributed by atoms with Crippen LogP contribution in [-0.2, 0) is 28.8 Å². The highest BCUT2D eigenvalue weighted by molar-refractivity contribution is 5.93. The molecule has 2 aromatic carbocycles. The summed E-state index contributed by atoms with van der Waals surface area (Å²) in [6, 6.07) is 12.3. The van der Waals surface area contributed by atoms with Gasteiger partial charge in [0.25, 0.3) is 0 Å². The number of benzene rings is 2. The molecule has 230 valence electrons. The molecule has 1 aliphatic rings. The molecular formula is C33H38O10. The highest BCUT2D eigenvalue weighted by atomic mass is 17.2. The lowest BCUT2D eigenvalue weighted by atomic mass is 10.1. The zero-order valence-electron chi connectivity index (χ0n) is 24.4. The first-order valence-corrected chi connectivity index (χ1v) is 13.9. The molecule has 0 heterocycles. The molecule has 43 heavy (non-hydrogen) atoms. The van der Waals surface area contributed by atoms with Gasteiger partial charge in [-0.05, 0) is 67.4 Å². The van der Waals surface area contributed by atoms with Crippen molar-refractivity contribution in [1.29, 1.82) is 0 Å². The van der Waals surface area contributed by atoms with Crippen LogP contribution in [0.15, 0.2) is 91.6 Å². The molecule has 1 aliphatic carbocycles. The van der Waals surface area contributed by atoms with Crippen LogP contribution in [-0.4, -0.2) is 57.9 Å². The first-order chi connectivity index (χ1) is 21.0. The molecular weight excluding hydrogens is 556 g/mol. The minimum Gasteiger partial charge on any atom is -0.494 e. The summed E-state index contributed by atoms with van der Waals surface area (Å²) in [5, 5.41) is 0. The van der Waals surface area contributed by atoms with Crippen LogP contribution in [0.2, 0.25) is 0 Å². The van der Waals surface area contributed by atoms with E-state index in [-0.39, 0.29) is 19.5 Å². The average molecular weight is 595 g/mol. The average Bonchev–Trinajstić information content (AvgIpc) is 3.02. The van der Waals surface area contributed by atoms with Crippen LogP contribution in [0.25, 0.3) is 0 Å². The summed E-state index contributed by atoms with van der Waals surface area (Å²) < 4.78 is 33.3. The Hall–Kier alpha value is -4.38. The summed E-state index contributed by atoms with van der Waals surface area (Å²) in [6.45, 7) is 10.7. The van der Waals surface area contributed by atoms with Gasteiger partial charge in [-0.1, -0.05) is 24.8 Å². The van der Waals surface area contributed by atoms with E-state index >= 15 is 0 Å². The first-order valence-electron chi connectivity index (χ1n) is 13.9. The van der Waals surface area contributed by atoms with E-state index < -0.39 is 11.9 Å². The van der Waals surface area contributed by atoms with E-state index in [2.05, 4.69) is 13.2 Å². The Kier molecular flexibility index (Phi) is 14.6. The smallest absolute Gasteiger partial charge is 0.343 e. The normalized spacial score (nSPS) is 13.9. The fraction of sp³-hybridized carbons (Fsp3) is 0.333. The molecule has 0 spiro atoms. The van der Waals surface area contributed by atoms with Crippen LogP contribution >= 0.6 is 0 Å². The monoisotopic (exact) mass is 594 g/mol. The van der Waals surface area contributed by atoms with Crippen molar-refractivity contribution in [2.75, 3.05) is 39.8 Å². The molecule has 0 radical (unpaired) electrons. The number of carbonyl (C=O) groups is 2. The highest BCUT2D eigenvalue weighted by Gasteiger charge is 2.16. The largest absolute Gasteiger partial charge is 0.494 e. The standard InChI is InChI=1S/C33H38O10/c1-4-18-41-42-22-7-20-37-28-12-14-29(15-13-28)39-24-40-31-17-16-30(23-25(31)3)43-33(35)26-8-10-27(11-9-26)36-19-6-21-38-32(34)5-2/h4-5,8-10,12-17,23,27H,1-2,6-7,11,18-22,24H2,3H3. The highest BCUT2D eigenvalue weighted by Crippen LogP contribution is 2.25. The Morgan fingerprint density at radius 2 is 1.63 bits per heavy atom. The van der Waals surface area contributed by atoms with Gasteiger partial charge in [-0.3, -0.25) is 0 Å². The van der Waals surface area contributed by atoms with Crippen molar-refractivity contribution in [3.63, 3.8) is 0 Å². The molecule has 0 amide bonds. The van der Waals surface area contributed by atoms with Crippen molar-refractivity contribution in [3.05, 3.63) is 97.1 Å². The van der Waals surface area contributed by atoms with Gasteiger partial charge < -0.3 is 28.4 Å². The Morgan fingerprint density at radius 1 is 0.884 bits per heavy atom. The van der Waals surface area contributed by atoms with E-state index in [0.29, 0.717) is 68.5 Å². The van der Waals surface area contributed by atoms with Crippen molar-refractivity contribution in [1.82, 2.24) is 0 Å². The van der Waals surface area contributed by atoms with Crippen LogP contribution in [0.5, 0.6) is 23.0 Å². The van der Waals surface area contributed by atoms with Crippen LogP contribution < -0.4 is 18.9 Å². The zero-order chi connectivity index (χ0) is 30.7. The lowest BCUT2D eigenvalue weighted by Gasteiger charge is -2.17. The summed E-state index contributed by atoms with van der Waals surface area (Å²) in [7, 11) is 0. The summed E-state index contributed by atoms with van der Waals surface area (Å²) in [6.07, 6.45) is 9.66. The maximum absolute atomic E-state index is 12.6. The molecule has 10 heteroatoms. The van der Waals surface area contributed by atoms with Crippen molar-refractivity contribution in [2.24, 2.45) is 0 Å². The maximum Gasteiger partial charge on any atom is 0.343 e. The number of aryl methyl sites for hydroxylation is 1. The van der Waals surface area contributed by atoms with E-state index in [4.69, 9.17) is 38.2 Å².